The molecule has 1 fully saturated rings. The number of rotatable bonds is 9. The number of hydrogen-bond donors (Lipinski definition) is 1. The van der Waals surface area contributed by atoms with Crippen molar-refractivity contribution in [3.8, 4) is 0 Å². The quantitative estimate of drug-likeness (QED) is 0.290. The molecule has 0 bridgehead atoms. The molecule has 1 saturated heterocycles. The second kappa shape index (κ2) is 13.4. The number of amides is 1. The van der Waals surface area contributed by atoms with Crippen LogP contribution in [-0.4, -0.2) is 79.3 Å². The van der Waals surface area contributed by atoms with E-state index in [2.05, 4.69) is 40.2 Å². The first-order chi connectivity index (χ1) is 21.0. The highest BCUT2D eigenvalue weighted by atomic mass is 35.5. The largest absolute Gasteiger partial charge is 0.437 e. The maximum absolute atomic E-state index is 14.8. The molecule has 1 aliphatic heterocycles. The number of halogens is 1. The fourth-order valence-electron chi connectivity index (χ4n) is 6.55. The zero-order valence-electron chi connectivity index (χ0n) is 24.6. The van der Waals surface area contributed by atoms with E-state index in [0.29, 0.717) is 32.7 Å². The number of piperazine rings is 1. The Morgan fingerprint density at radius 1 is 1.07 bits per heavy atom. The molecule has 10 heteroatoms. The number of aryl methyl sites for hydroxylation is 3. The number of benzene rings is 2. The highest BCUT2D eigenvalue weighted by Gasteiger charge is 2.42. The number of carbonyl (C=O) groups is 1. The van der Waals surface area contributed by atoms with Crippen LogP contribution in [0.2, 0.25) is 11.8 Å². The van der Waals surface area contributed by atoms with Crippen molar-refractivity contribution in [2.45, 2.75) is 51.3 Å². The molecule has 2 aliphatic rings. The van der Waals surface area contributed by atoms with Gasteiger partial charge in [0, 0.05) is 62.9 Å². The number of fused-ring (bicyclic) bond motifs is 2. The van der Waals surface area contributed by atoms with Crippen LogP contribution in [0.5, 0.6) is 0 Å². The fraction of sp³-hybridized carbons (Fsp3) is 0.364. The molecule has 2 aromatic heterocycles. The molecule has 2 aromatic carbocycles. The van der Waals surface area contributed by atoms with Crippen molar-refractivity contribution in [3.05, 3.63) is 119 Å². The van der Waals surface area contributed by atoms with Crippen LogP contribution in [0.3, 0.4) is 0 Å². The molecular weight excluding hydrogens is 559 g/mol. The maximum atomic E-state index is 14.8. The minimum atomic E-state index is -0.646. The molecule has 43 heavy (non-hydrogen) atoms. The zero-order valence-corrected chi connectivity index (χ0v) is 25.4. The van der Waals surface area contributed by atoms with Gasteiger partial charge in [0.2, 0.25) is 5.91 Å². The fourth-order valence-corrected chi connectivity index (χ4v) is 6.74. The molecule has 4 aromatic rings. The van der Waals surface area contributed by atoms with Gasteiger partial charge in [-0.2, -0.15) is 0 Å². The van der Waals surface area contributed by atoms with Gasteiger partial charge in [0.25, 0.3) is 0 Å². The molecule has 3 heterocycles. The smallest absolute Gasteiger partial charge is 0.376 e. The van der Waals surface area contributed by atoms with Gasteiger partial charge in [-0.15, -0.1) is 0 Å². The minimum Gasteiger partial charge on any atom is -0.437 e. The molecule has 0 saturated carbocycles. The third kappa shape index (κ3) is 6.70. The molecule has 0 radical (unpaired) electrons. The Balaban J connectivity index is 1.37. The molecule has 8 nitrogen and oxygen atoms in total. The summed E-state index contributed by atoms with van der Waals surface area (Å²) in [6.07, 6.45) is 9.94. The van der Waals surface area contributed by atoms with Crippen molar-refractivity contribution in [2.75, 3.05) is 26.2 Å². The van der Waals surface area contributed by atoms with Gasteiger partial charge < -0.3 is 19.3 Å². The van der Waals surface area contributed by atoms with E-state index in [4.69, 9.17) is 16.6 Å². The first-order valence-corrected chi connectivity index (χ1v) is 15.5. The second-order valence-electron chi connectivity index (χ2n) is 11.6. The third-order valence-corrected chi connectivity index (χ3v) is 9.01. The molecule has 1 N–H and O–H groups in total. The van der Waals surface area contributed by atoms with Crippen LogP contribution in [0.15, 0.2) is 85.6 Å². The number of aromatic nitrogens is 3. The monoisotopic (exact) mass is 596 g/mol. The van der Waals surface area contributed by atoms with Gasteiger partial charge in [-0.1, -0.05) is 54.1 Å². The van der Waals surface area contributed by atoms with Crippen molar-refractivity contribution in [1.82, 2.24) is 29.1 Å². The molecule has 222 valence electrons. The Labute approximate surface area is 259 Å². The molecule has 1 unspecified atom stereocenters. The first kappa shape index (κ1) is 29.6. The average molecular weight is 597 g/mol. The second-order valence-corrected chi connectivity index (χ2v) is 12.0. The van der Waals surface area contributed by atoms with E-state index in [1.54, 1.807) is 13.0 Å². The van der Waals surface area contributed by atoms with Crippen LogP contribution in [0.1, 0.15) is 40.4 Å². The summed E-state index contributed by atoms with van der Waals surface area (Å²) in [7, 11) is -0.646. The number of carbonyl (C=O) groups excluding carboxylic acids is 1. The Morgan fingerprint density at radius 3 is 2.70 bits per heavy atom. The topological polar surface area (TPSA) is 77.7 Å². The summed E-state index contributed by atoms with van der Waals surface area (Å²) in [6, 6.07) is 19.8. The highest BCUT2D eigenvalue weighted by Crippen LogP contribution is 2.39. The lowest BCUT2D eigenvalue weighted by atomic mass is 9.82. The van der Waals surface area contributed by atoms with Crippen LogP contribution in [0, 0.1) is 0 Å². The molecule has 2 atom stereocenters. The highest BCUT2D eigenvalue weighted by molar-refractivity contribution is 6.45. The van der Waals surface area contributed by atoms with Crippen molar-refractivity contribution >= 4 is 24.6 Å². The van der Waals surface area contributed by atoms with Crippen LogP contribution < -0.4 is 0 Å². The molecular formula is C33H38BClN6O2. The number of imidazole rings is 1. The molecule has 6 rings (SSSR count). The van der Waals surface area contributed by atoms with Crippen molar-refractivity contribution in [1.29, 1.82) is 0 Å². The Hall–Kier alpha value is -3.50. The van der Waals surface area contributed by atoms with Crippen LogP contribution in [-0.2, 0) is 30.7 Å². The summed E-state index contributed by atoms with van der Waals surface area (Å²) in [5, 5.41) is 11.3. The average Bonchev–Trinajstić information content (AvgIpc) is 3.49. The van der Waals surface area contributed by atoms with E-state index in [-0.39, 0.29) is 11.9 Å². The van der Waals surface area contributed by atoms with Crippen LogP contribution >= 0.6 is 11.6 Å². The SMILES string of the molecule is CB(O)N1CCN(C2c3ccc(Cl)cc3CCc3cccnc32)[C@@H](C(=O)N(CCCn2ccnc2)Cc2ccccc2)C1. The molecule has 1 aliphatic carbocycles. The lowest BCUT2D eigenvalue weighted by Crippen LogP contribution is -2.62. The van der Waals surface area contributed by atoms with E-state index in [1.165, 1.54) is 11.1 Å². The van der Waals surface area contributed by atoms with Gasteiger partial charge in [0.15, 0.2) is 0 Å². The summed E-state index contributed by atoms with van der Waals surface area (Å²) >= 11 is 6.48. The van der Waals surface area contributed by atoms with Crippen molar-refractivity contribution in [2.24, 2.45) is 0 Å². The zero-order chi connectivity index (χ0) is 29.8. The van der Waals surface area contributed by atoms with Gasteiger partial charge in [-0.3, -0.25) is 14.7 Å². The van der Waals surface area contributed by atoms with Gasteiger partial charge in [0.05, 0.1) is 18.1 Å². The standard InChI is InChI=1S/C33H38BClN6O2/c1-34(43)40-19-20-41(32-29-13-12-28(35)21-27(29)11-10-26-9-5-14-37-31(26)32)30(23-40)33(42)39(22-25-7-3-2-4-8-25)17-6-16-38-18-15-36-24-38/h2-5,7-9,12-15,18,21,24,30,32,43H,6,10-11,16-17,19-20,22-23H2,1H3/t30-,32?/m1/s1. The summed E-state index contributed by atoms with van der Waals surface area (Å²) in [5.41, 5.74) is 5.64. The lowest BCUT2D eigenvalue weighted by Gasteiger charge is -2.46. The summed E-state index contributed by atoms with van der Waals surface area (Å²) < 4.78 is 2.05. The normalized spacial score (nSPS) is 18.9. The number of hydrogen-bond acceptors (Lipinski definition) is 6. The number of nitrogens with zero attached hydrogens (tertiary/aromatic N) is 6. The van der Waals surface area contributed by atoms with Crippen molar-refractivity contribution in [3.63, 3.8) is 0 Å². The van der Waals surface area contributed by atoms with Gasteiger partial charge in [-0.25, -0.2) is 4.98 Å². The summed E-state index contributed by atoms with van der Waals surface area (Å²) in [5.74, 6) is 0.0667. The molecule has 0 spiro atoms. The van der Waals surface area contributed by atoms with Gasteiger partial charge >= 0.3 is 7.05 Å². The van der Waals surface area contributed by atoms with E-state index in [0.717, 1.165) is 47.7 Å². The summed E-state index contributed by atoms with van der Waals surface area (Å²) in [6.45, 7) is 5.40. The van der Waals surface area contributed by atoms with Crippen LogP contribution in [0.25, 0.3) is 0 Å². The predicted molar refractivity (Wildman–Crippen MR) is 170 cm³/mol. The first-order valence-electron chi connectivity index (χ1n) is 15.2. The predicted octanol–water partition coefficient (Wildman–Crippen LogP) is 4.34. The van der Waals surface area contributed by atoms with E-state index >= 15 is 0 Å². The molecule has 1 amide bonds. The minimum absolute atomic E-state index is 0.0667. The van der Waals surface area contributed by atoms with Gasteiger partial charge in [-0.05, 0) is 66.5 Å². The number of pyridine rings is 1. The lowest BCUT2D eigenvalue weighted by molar-refractivity contribution is -0.140. The Morgan fingerprint density at radius 2 is 1.91 bits per heavy atom. The van der Waals surface area contributed by atoms with Gasteiger partial charge in [0.1, 0.15) is 6.04 Å². The Bertz CT molecular complexity index is 1520. The maximum Gasteiger partial charge on any atom is 0.376 e. The van der Waals surface area contributed by atoms with Crippen molar-refractivity contribution < 1.29 is 9.82 Å². The third-order valence-electron chi connectivity index (χ3n) is 8.78. The van der Waals surface area contributed by atoms with E-state index < -0.39 is 13.1 Å². The van der Waals surface area contributed by atoms with Crippen LogP contribution in [0.4, 0.5) is 0 Å². The van der Waals surface area contributed by atoms with E-state index in [9.17, 15) is 9.82 Å². The Kier molecular flexibility index (Phi) is 9.24. The van der Waals surface area contributed by atoms with E-state index in [1.807, 2.05) is 63.3 Å². The summed E-state index contributed by atoms with van der Waals surface area (Å²) in [4.78, 5) is 30.2.